The van der Waals surface area contributed by atoms with E-state index in [1.165, 1.54) is 16.5 Å². The van der Waals surface area contributed by atoms with Gasteiger partial charge in [0.05, 0.1) is 5.52 Å². The van der Waals surface area contributed by atoms with Crippen molar-refractivity contribution in [3.8, 4) is 17.2 Å². The lowest BCUT2D eigenvalue weighted by Gasteiger charge is -2.20. The van der Waals surface area contributed by atoms with E-state index in [1.807, 2.05) is 64.8 Å². The lowest BCUT2D eigenvalue weighted by atomic mass is 10.0. The first-order chi connectivity index (χ1) is 16.1. The van der Waals surface area contributed by atoms with E-state index in [2.05, 4.69) is 56.9 Å². The van der Waals surface area contributed by atoms with Gasteiger partial charge < -0.3 is 14.2 Å². The molecule has 0 aliphatic carbocycles. The minimum Gasteiger partial charge on any atom is -0.482 e. The monoisotopic (exact) mass is 497 g/mol. The molecule has 0 amide bonds. The van der Waals surface area contributed by atoms with Crippen LogP contribution in [0.2, 0.25) is 0 Å². The maximum Gasteiger partial charge on any atom is 0.344 e. The van der Waals surface area contributed by atoms with Gasteiger partial charge in [0.25, 0.3) is 0 Å². The molecule has 35 heavy (non-hydrogen) atoms. The summed E-state index contributed by atoms with van der Waals surface area (Å²) in [6.07, 6.45) is 2.25. The van der Waals surface area contributed by atoms with Gasteiger partial charge in [-0.15, -0.1) is 0 Å². The molecule has 1 aromatic heterocycles. The SMILES string of the molecule is Cc1cc(OCC(=O)OC(C)(C)C)cc(C)c1Oc1ccc2c(c1)c(C(C)C)cn2SC(C)(C)C. The number of ether oxygens (including phenoxy) is 3. The minimum absolute atomic E-state index is 0.108. The zero-order chi connectivity index (χ0) is 26.1. The molecular formula is C29H39NO4S. The number of nitrogens with zero attached hydrogens (tertiary/aromatic N) is 1. The zero-order valence-electron chi connectivity index (χ0n) is 22.7. The Hall–Kier alpha value is -2.60. The number of aryl methyl sites for hydroxylation is 2. The quantitative estimate of drug-likeness (QED) is 0.308. The topological polar surface area (TPSA) is 49.7 Å². The predicted molar refractivity (Wildman–Crippen MR) is 146 cm³/mol. The van der Waals surface area contributed by atoms with Crippen LogP contribution >= 0.6 is 11.9 Å². The molecule has 0 aliphatic rings. The Morgan fingerprint density at radius 3 is 2.14 bits per heavy atom. The van der Waals surface area contributed by atoms with Crippen molar-refractivity contribution in [3.63, 3.8) is 0 Å². The minimum atomic E-state index is -0.535. The van der Waals surface area contributed by atoms with Crippen LogP contribution in [0.25, 0.3) is 10.9 Å². The van der Waals surface area contributed by atoms with Crippen LogP contribution in [-0.4, -0.2) is 26.9 Å². The van der Waals surface area contributed by atoms with Crippen molar-refractivity contribution in [2.24, 2.45) is 0 Å². The largest absolute Gasteiger partial charge is 0.482 e. The molecule has 0 bridgehead atoms. The van der Waals surface area contributed by atoms with E-state index in [9.17, 15) is 4.79 Å². The first kappa shape index (κ1) is 27.0. The van der Waals surface area contributed by atoms with Gasteiger partial charge >= 0.3 is 5.97 Å². The Labute approximate surface area is 214 Å². The molecule has 6 heteroatoms. The van der Waals surface area contributed by atoms with Crippen LogP contribution in [0.4, 0.5) is 0 Å². The van der Waals surface area contributed by atoms with Crippen molar-refractivity contribution in [2.75, 3.05) is 6.61 Å². The third-order valence-electron chi connectivity index (χ3n) is 5.20. The number of esters is 1. The Morgan fingerprint density at radius 1 is 0.971 bits per heavy atom. The van der Waals surface area contributed by atoms with Gasteiger partial charge in [-0.25, -0.2) is 4.79 Å². The van der Waals surface area contributed by atoms with Crippen LogP contribution in [0.15, 0.2) is 36.5 Å². The molecule has 3 rings (SSSR count). The fourth-order valence-corrected chi connectivity index (χ4v) is 4.90. The van der Waals surface area contributed by atoms with Gasteiger partial charge in [-0.2, -0.15) is 0 Å². The summed E-state index contributed by atoms with van der Waals surface area (Å²) in [4.78, 5) is 12.0. The average Bonchev–Trinajstić information content (AvgIpc) is 3.04. The third-order valence-corrected chi connectivity index (χ3v) is 6.24. The fraction of sp³-hybridized carbons (Fsp3) is 0.483. The summed E-state index contributed by atoms with van der Waals surface area (Å²) in [6, 6.07) is 10.1. The van der Waals surface area contributed by atoms with Crippen LogP contribution in [0.1, 0.15) is 78.0 Å². The van der Waals surface area contributed by atoms with Crippen molar-refractivity contribution in [1.82, 2.24) is 3.97 Å². The van der Waals surface area contributed by atoms with Gasteiger partial charge in [-0.05, 0) is 120 Å². The number of aromatic nitrogens is 1. The summed E-state index contributed by atoms with van der Waals surface area (Å²) < 4.78 is 19.8. The summed E-state index contributed by atoms with van der Waals surface area (Å²) in [6.45, 7) is 20.5. The molecule has 3 aromatic rings. The van der Waals surface area contributed by atoms with Crippen LogP contribution in [0.3, 0.4) is 0 Å². The van der Waals surface area contributed by atoms with E-state index in [0.29, 0.717) is 11.7 Å². The molecule has 0 unspecified atom stereocenters. The van der Waals surface area contributed by atoms with E-state index >= 15 is 0 Å². The Bertz CT molecular complexity index is 1190. The van der Waals surface area contributed by atoms with Crippen molar-refractivity contribution in [2.45, 2.75) is 85.5 Å². The molecule has 0 saturated heterocycles. The van der Waals surface area contributed by atoms with Gasteiger partial charge in [0.1, 0.15) is 22.8 Å². The van der Waals surface area contributed by atoms with Crippen molar-refractivity contribution in [3.05, 3.63) is 53.2 Å². The predicted octanol–water partition coefficient (Wildman–Crippen LogP) is 8.19. The standard InChI is InChI=1S/C29H39NO4S/c1-18(2)24-16-30(35-29(8,9)10)25-12-11-21(15-23(24)25)33-27-19(3)13-22(14-20(27)4)32-17-26(31)34-28(5,6)7/h11-16,18H,17H2,1-10H3. The van der Waals surface area contributed by atoms with Crippen LogP contribution < -0.4 is 9.47 Å². The smallest absolute Gasteiger partial charge is 0.344 e. The Morgan fingerprint density at radius 2 is 1.60 bits per heavy atom. The molecule has 5 nitrogen and oxygen atoms in total. The second kappa shape index (κ2) is 10.2. The summed E-state index contributed by atoms with van der Waals surface area (Å²) in [5.74, 6) is 2.22. The highest BCUT2D eigenvalue weighted by molar-refractivity contribution is 7.99. The second-order valence-corrected chi connectivity index (χ2v) is 13.1. The molecule has 0 fully saturated rings. The Kier molecular flexibility index (Phi) is 7.85. The first-order valence-electron chi connectivity index (χ1n) is 12.1. The number of carbonyl (C=O) groups is 1. The fourth-order valence-electron chi connectivity index (χ4n) is 3.88. The highest BCUT2D eigenvalue weighted by Gasteiger charge is 2.19. The Balaban J connectivity index is 1.84. The average molecular weight is 498 g/mol. The lowest BCUT2D eigenvalue weighted by Crippen LogP contribution is -2.27. The second-order valence-electron chi connectivity index (χ2n) is 11.3. The van der Waals surface area contributed by atoms with Crippen molar-refractivity contribution < 1.29 is 19.0 Å². The summed E-state index contributed by atoms with van der Waals surface area (Å²) in [5, 5.41) is 1.21. The molecule has 1 heterocycles. The highest BCUT2D eigenvalue weighted by Crippen LogP contribution is 2.38. The summed E-state index contributed by atoms with van der Waals surface area (Å²) in [7, 11) is 0. The maximum atomic E-state index is 12.0. The number of hydrogen-bond acceptors (Lipinski definition) is 5. The summed E-state index contributed by atoms with van der Waals surface area (Å²) >= 11 is 1.82. The number of rotatable bonds is 7. The number of carbonyl (C=O) groups excluding carboxylic acids is 1. The van der Waals surface area contributed by atoms with Gasteiger partial charge in [-0.1, -0.05) is 13.8 Å². The van der Waals surface area contributed by atoms with E-state index in [0.717, 1.165) is 22.6 Å². The first-order valence-corrected chi connectivity index (χ1v) is 12.9. The molecule has 0 atom stereocenters. The number of benzene rings is 2. The zero-order valence-corrected chi connectivity index (χ0v) is 23.6. The van der Waals surface area contributed by atoms with Gasteiger partial charge in [0, 0.05) is 16.3 Å². The van der Waals surface area contributed by atoms with E-state index < -0.39 is 5.60 Å². The normalized spacial score (nSPS) is 12.3. The van der Waals surface area contributed by atoms with E-state index in [4.69, 9.17) is 14.2 Å². The molecule has 2 aromatic carbocycles. The molecule has 0 saturated carbocycles. The van der Waals surface area contributed by atoms with E-state index in [-0.39, 0.29) is 17.3 Å². The van der Waals surface area contributed by atoms with E-state index in [1.54, 1.807) is 0 Å². The lowest BCUT2D eigenvalue weighted by molar-refractivity contribution is -0.157. The van der Waals surface area contributed by atoms with Crippen LogP contribution in [0.5, 0.6) is 17.2 Å². The van der Waals surface area contributed by atoms with Gasteiger partial charge in [-0.3, -0.25) is 3.97 Å². The number of fused-ring (bicyclic) bond motifs is 1. The highest BCUT2D eigenvalue weighted by atomic mass is 32.2. The van der Waals surface area contributed by atoms with Crippen LogP contribution in [0, 0.1) is 13.8 Å². The molecule has 190 valence electrons. The maximum absolute atomic E-state index is 12.0. The molecule has 0 N–H and O–H groups in total. The third kappa shape index (κ3) is 7.20. The number of hydrogen-bond donors (Lipinski definition) is 0. The molecule has 0 aliphatic heterocycles. The van der Waals surface area contributed by atoms with Gasteiger partial charge in [0.2, 0.25) is 0 Å². The van der Waals surface area contributed by atoms with Crippen molar-refractivity contribution in [1.29, 1.82) is 0 Å². The van der Waals surface area contributed by atoms with Gasteiger partial charge in [0.15, 0.2) is 6.61 Å². The molecular weight excluding hydrogens is 458 g/mol. The van der Waals surface area contributed by atoms with Crippen LogP contribution in [-0.2, 0) is 9.53 Å². The van der Waals surface area contributed by atoms with Crippen molar-refractivity contribution >= 4 is 28.8 Å². The summed E-state index contributed by atoms with van der Waals surface area (Å²) in [5.41, 5.74) is 3.85. The molecule has 0 spiro atoms. The molecule has 0 radical (unpaired) electrons.